The second-order valence-corrected chi connectivity index (χ2v) is 7.25. The largest absolute Gasteiger partial charge is 0.497 e. The number of nitrogens with one attached hydrogen (secondary N) is 2. The molecule has 7 nitrogen and oxygen atoms in total. The van der Waals surface area contributed by atoms with E-state index < -0.39 is 5.91 Å². The van der Waals surface area contributed by atoms with Crippen LogP contribution in [0.3, 0.4) is 0 Å². The van der Waals surface area contributed by atoms with Crippen LogP contribution in [0, 0.1) is 5.92 Å². The number of amides is 2. The molecule has 0 saturated heterocycles. The van der Waals surface area contributed by atoms with Gasteiger partial charge in [0.1, 0.15) is 5.75 Å². The number of hydrogen-bond acceptors (Lipinski definition) is 5. The number of carbonyl (C=O) groups excluding carboxylic acids is 2. The molecule has 0 unspecified atom stereocenters. The third kappa shape index (κ3) is 7.31. The number of rotatable bonds is 10. The van der Waals surface area contributed by atoms with Crippen molar-refractivity contribution in [2.75, 3.05) is 20.8 Å². The van der Waals surface area contributed by atoms with Gasteiger partial charge in [-0.05, 0) is 54.7 Å². The third-order valence-corrected chi connectivity index (χ3v) is 4.49. The molecule has 0 saturated carbocycles. The fraction of sp³-hybridized carbons (Fsp3) is 0.391. The Morgan fingerprint density at radius 1 is 0.933 bits per heavy atom. The number of hydrazine groups is 1. The molecular weight excluding hydrogens is 384 g/mol. The van der Waals surface area contributed by atoms with Crippen LogP contribution in [0.2, 0.25) is 0 Å². The molecule has 2 aromatic carbocycles. The topological polar surface area (TPSA) is 85.9 Å². The fourth-order valence-electron chi connectivity index (χ4n) is 2.64. The van der Waals surface area contributed by atoms with E-state index in [0.717, 1.165) is 17.7 Å². The number of aryl methyl sites for hydroxylation is 1. The Labute approximate surface area is 177 Å². The Kier molecular flexibility index (Phi) is 9.00. The molecule has 7 heteroatoms. The van der Waals surface area contributed by atoms with Gasteiger partial charge < -0.3 is 14.2 Å². The molecule has 0 bridgehead atoms. The maximum absolute atomic E-state index is 12.3. The maximum Gasteiger partial charge on any atom is 0.269 e. The van der Waals surface area contributed by atoms with Gasteiger partial charge in [0.25, 0.3) is 5.91 Å². The minimum atomic E-state index is -0.431. The molecule has 0 aliphatic carbocycles. The average Bonchev–Trinajstić information content (AvgIpc) is 2.76. The summed E-state index contributed by atoms with van der Waals surface area (Å²) in [6, 6.07) is 12.4. The molecule has 0 atom stereocenters. The van der Waals surface area contributed by atoms with Crippen LogP contribution in [-0.2, 0) is 11.2 Å². The molecule has 0 heterocycles. The van der Waals surface area contributed by atoms with Gasteiger partial charge in [0.05, 0.1) is 20.8 Å². The highest BCUT2D eigenvalue weighted by Gasteiger charge is 2.12. The summed E-state index contributed by atoms with van der Waals surface area (Å²) in [5.74, 6) is 1.65. The molecule has 0 radical (unpaired) electrons. The van der Waals surface area contributed by atoms with E-state index in [-0.39, 0.29) is 12.3 Å². The number of carbonyl (C=O) groups is 2. The van der Waals surface area contributed by atoms with E-state index in [1.54, 1.807) is 25.3 Å². The zero-order valence-electron chi connectivity index (χ0n) is 18.0. The van der Waals surface area contributed by atoms with Crippen LogP contribution in [0.5, 0.6) is 17.2 Å². The molecule has 30 heavy (non-hydrogen) atoms. The predicted octanol–water partition coefficient (Wildman–Crippen LogP) is 3.52. The Balaban J connectivity index is 1.83. The summed E-state index contributed by atoms with van der Waals surface area (Å²) in [6.45, 7) is 4.82. The summed E-state index contributed by atoms with van der Waals surface area (Å²) in [7, 11) is 3.13. The number of ether oxygens (including phenoxy) is 3. The van der Waals surface area contributed by atoms with Crippen molar-refractivity contribution in [1.82, 2.24) is 10.9 Å². The van der Waals surface area contributed by atoms with Crippen molar-refractivity contribution < 1.29 is 23.8 Å². The Morgan fingerprint density at radius 2 is 1.67 bits per heavy atom. The lowest BCUT2D eigenvalue weighted by Crippen LogP contribution is -2.41. The molecule has 2 aromatic rings. The van der Waals surface area contributed by atoms with Crippen LogP contribution >= 0.6 is 0 Å². The van der Waals surface area contributed by atoms with E-state index >= 15 is 0 Å². The van der Waals surface area contributed by atoms with Crippen molar-refractivity contribution in [2.24, 2.45) is 5.92 Å². The number of methoxy groups -OCH3 is 2. The van der Waals surface area contributed by atoms with Gasteiger partial charge in [0.15, 0.2) is 11.5 Å². The van der Waals surface area contributed by atoms with Crippen LogP contribution in [0.25, 0.3) is 0 Å². The molecule has 0 aromatic heterocycles. The van der Waals surface area contributed by atoms with E-state index in [2.05, 4.69) is 24.7 Å². The quantitative estimate of drug-likeness (QED) is 0.581. The number of hydrogen-bond donors (Lipinski definition) is 2. The summed E-state index contributed by atoms with van der Waals surface area (Å²) in [6.07, 6.45) is 1.73. The summed E-state index contributed by atoms with van der Waals surface area (Å²) in [4.78, 5) is 24.4. The van der Waals surface area contributed by atoms with Gasteiger partial charge in [0.2, 0.25) is 5.91 Å². The van der Waals surface area contributed by atoms with E-state index in [4.69, 9.17) is 14.2 Å². The van der Waals surface area contributed by atoms with Crippen LogP contribution in [0.4, 0.5) is 0 Å². The first-order chi connectivity index (χ1) is 14.4. The normalized spacial score (nSPS) is 10.4. The van der Waals surface area contributed by atoms with E-state index in [1.807, 2.05) is 24.3 Å². The predicted molar refractivity (Wildman–Crippen MR) is 115 cm³/mol. The van der Waals surface area contributed by atoms with Crippen molar-refractivity contribution in [1.29, 1.82) is 0 Å². The zero-order valence-corrected chi connectivity index (χ0v) is 18.0. The van der Waals surface area contributed by atoms with Crippen molar-refractivity contribution in [3.05, 3.63) is 53.6 Å². The zero-order chi connectivity index (χ0) is 21.9. The summed E-state index contributed by atoms with van der Waals surface area (Å²) in [5, 5.41) is 0. The van der Waals surface area contributed by atoms with Crippen molar-refractivity contribution in [3.63, 3.8) is 0 Å². The van der Waals surface area contributed by atoms with Gasteiger partial charge in [-0.15, -0.1) is 0 Å². The second-order valence-electron chi connectivity index (χ2n) is 7.25. The van der Waals surface area contributed by atoms with Gasteiger partial charge >= 0.3 is 0 Å². The van der Waals surface area contributed by atoms with Gasteiger partial charge in [0, 0.05) is 12.0 Å². The van der Waals surface area contributed by atoms with Crippen molar-refractivity contribution in [3.8, 4) is 17.2 Å². The molecule has 162 valence electrons. The molecule has 0 spiro atoms. The number of benzene rings is 2. The first-order valence-corrected chi connectivity index (χ1v) is 9.96. The van der Waals surface area contributed by atoms with Crippen LogP contribution < -0.4 is 25.1 Å². The van der Waals surface area contributed by atoms with Crippen molar-refractivity contribution in [2.45, 2.75) is 33.1 Å². The highest BCUT2D eigenvalue weighted by atomic mass is 16.5. The van der Waals surface area contributed by atoms with Crippen LogP contribution in [-0.4, -0.2) is 32.6 Å². The summed E-state index contributed by atoms with van der Waals surface area (Å²) < 4.78 is 16.2. The first kappa shape index (κ1) is 23.1. The van der Waals surface area contributed by atoms with Crippen LogP contribution in [0.15, 0.2) is 42.5 Å². The minimum absolute atomic E-state index is 0.249. The molecular formula is C23H30N2O5. The van der Waals surface area contributed by atoms with E-state index in [0.29, 0.717) is 36.0 Å². The van der Waals surface area contributed by atoms with E-state index in [1.165, 1.54) is 7.11 Å². The SMILES string of the molecule is COc1ccc(CCC(=O)NNC(=O)c2ccc(OCCC(C)C)c(OC)c2)cc1. The highest BCUT2D eigenvalue weighted by Crippen LogP contribution is 2.28. The van der Waals surface area contributed by atoms with Gasteiger partial charge in [-0.2, -0.15) is 0 Å². The first-order valence-electron chi connectivity index (χ1n) is 9.96. The molecule has 0 fully saturated rings. The van der Waals surface area contributed by atoms with Gasteiger partial charge in [-0.1, -0.05) is 26.0 Å². The second kappa shape index (κ2) is 11.7. The lowest BCUT2D eigenvalue weighted by Gasteiger charge is -2.13. The van der Waals surface area contributed by atoms with E-state index in [9.17, 15) is 9.59 Å². The molecule has 2 rings (SSSR count). The van der Waals surface area contributed by atoms with Gasteiger partial charge in [-0.3, -0.25) is 20.4 Å². The smallest absolute Gasteiger partial charge is 0.269 e. The average molecular weight is 415 g/mol. The Hall–Kier alpha value is -3.22. The minimum Gasteiger partial charge on any atom is -0.497 e. The summed E-state index contributed by atoms with van der Waals surface area (Å²) >= 11 is 0. The molecule has 0 aliphatic rings. The Bertz CT molecular complexity index is 834. The monoisotopic (exact) mass is 414 g/mol. The fourth-order valence-corrected chi connectivity index (χ4v) is 2.64. The van der Waals surface area contributed by atoms with Gasteiger partial charge in [-0.25, -0.2) is 0 Å². The third-order valence-electron chi connectivity index (χ3n) is 4.49. The highest BCUT2D eigenvalue weighted by molar-refractivity contribution is 5.96. The lowest BCUT2D eigenvalue weighted by molar-refractivity contribution is -0.121. The Morgan fingerprint density at radius 3 is 2.30 bits per heavy atom. The maximum atomic E-state index is 12.3. The lowest BCUT2D eigenvalue weighted by atomic mass is 10.1. The molecule has 2 amide bonds. The molecule has 0 aliphatic heterocycles. The van der Waals surface area contributed by atoms with Crippen LogP contribution in [0.1, 0.15) is 42.6 Å². The van der Waals surface area contributed by atoms with Crippen molar-refractivity contribution >= 4 is 11.8 Å². The summed E-state index contributed by atoms with van der Waals surface area (Å²) in [5.41, 5.74) is 6.23. The molecule has 2 N–H and O–H groups in total. The standard InChI is InChI=1S/C23H30N2O5/c1-16(2)13-14-30-20-11-8-18(15-21(20)29-4)23(27)25-24-22(26)12-7-17-5-9-19(28-3)10-6-17/h5-6,8-11,15-16H,7,12-14H2,1-4H3,(H,24,26)(H,25,27).